The van der Waals surface area contributed by atoms with E-state index >= 15 is 0 Å². The quantitative estimate of drug-likeness (QED) is 0.599. The summed E-state index contributed by atoms with van der Waals surface area (Å²) < 4.78 is 10.3. The molecule has 1 heterocycles. The Hall–Kier alpha value is -1.36. The zero-order valence-corrected chi connectivity index (χ0v) is 11.3. The first-order valence-corrected chi connectivity index (χ1v) is 6.19. The zero-order chi connectivity index (χ0) is 13.0. The van der Waals surface area contributed by atoms with E-state index < -0.39 is 0 Å². The third-order valence-corrected chi connectivity index (χ3v) is 3.10. The largest absolute Gasteiger partial charge is 0.495 e. The summed E-state index contributed by atoms with van der Waals surface area (Å²) in [5.74, 6) is 0.387. The lowest BCUT2D eigenvalue weighted by Gasteiger charge is -2.17. The van der Waals surface area contributed by atoms with E-state index in [9.17, 15) is 4.79 Å². The van der Waals surface area contributed by atoms with Crippen molar-refractivity contribution in [3.8, 4) is 0 Å². The third-order valence-electron chi connectivity index (χ3n) is 2.20. The van der Waals surface area contributed by atoms with Gasteiger partial charge in [-0.2, -0.15) is 0 Å². The van der Waals surface area contributed by atoms with Crippen molar-refractivity contribution >= 4 is 23.1 Å². The number of methoxy groups -OCH3 is 1. The monoisotopic (exact) mass is 255 g/mol. The molecule has 0 saturated heterocycles. The highest BCUT2D eigenvalue weighted by molar-refractivity contribution is 7.09. The molecule has 17 heavy (non-hydrogen) atoms. The Morgan fingerprint density at radius 2 is 2.18 bits per heavy atom. The van der Waals surface area contributed by atoms with Gasteiger partial charge in [-0.3, -0.25) is 4.79 Å². The lowest BCUT2D eigenvalue weighted by Crippen LogP contribution is -2.14. The van der Waals surface area contributed by atoms with Crippen LogP contribution in [0.3, 0.4) is 0 Å². The first kappa shape index (κ1) is 13.7. The summed E-state index contributed by atoms with van der Waals surface area (Å²) in [6.07, 6.45) is -0.309. The average molecular weight is 255 g/mol. The van der Waals surface area contributed by atoms with Crippen molar-refractivity contribution in [2.75, 3.05) is 7.11 Å². The van der Waals surface area contributed by atoms with Crippen LogP contribution in [0.5, 0.6) is 0 Å². The smallest absolute Gasteiger partial charge is 0.303 e. The Balaban J connectivity index is 2.91. The highest BCUT2D eigenvalue weighted by Crippen LogP contribution is 2.30. The number of thiazole rings is 1. The van der Waals surface area contributed by atoms with Crippen LogP contribution in [0.15, 0.2) is 12.0 Å². The Morgan fingerprint density at radius 1 is 1.53 bits per heavy atom. The highest BCUT2D eigenvalue weighted by Gasteiger charge is 2.22. The lowest BCUT2D eigenvalue weighted by atomic mass is 10.1. The molecule has 0 radical (unpaired) electrons. The summed E-state index contributed by atoms with van der Waals surface area (Å²) in [7, 11) is 1.55. The highest BCUT2D eigenvalue weighted by atomic mass is 32.1. The molecule has 0 spiro atoms. The second kappa shape index (κ2) is 5.82. The lowest BCUT2D eigenvalue weighted by molar-refractivity contribution is -0.149. The van der Waals surface area contributed by atoms with Crippen molar-refractivity contribution in [3.63, 3.8) is 0 Å². The van der Waals surface area contributed by atoms with E-state index in [4.69, 9.17) is 9.47 Å². The second-order valence-electron chi connectivity index (χ2n) is 3.97. The molecular weight excluding hydrogens is 238 g/mol. The maximum atomic E-state index is 11.0. The molecule has 1 aromatic heterocycles. The van der Waals surface area contributed by atoms with E-state index in [0.717, 1.165) is 5.01 Å². The van der Waals surface area contributed by atoms with Gasteiger partial charge in [-0.05, 0) is 5.92 Å². The van der Waals surface area contributed by atoms with Crippen LogP contribution in [0.2, 0.25) is 0 Å². The molecule has 0 N–H and O–H groups in total. The minimum atomic E-state index is -0.309. The van der Waals surface area contributed by atoms with Crippen molar-refractivity contribution in [2.45, 2.75) is 26.9 Å². The molecular formula is C12H17NO3S. The molecule has 0 fully saturated rings. The number of nitrogens with zero attached hydrogens (tertiary/aromatic N) is 1. The van der Waals surface area contributed by atoms with Gasteiger partial charge in [0.2, 0.25) is 0 Å². The summed E-state index contributed by atoms with van der Waals surface area (Å²) in [4.78, 5) is 15.4. The molecule has 0 amide bonds. The number of ether oxygens (including phenoxy) is 2. The van der Waals surface area contributed by atoms with E-state index in [2.05, 4.69) is 11.6 Å². The van der Waals surface area contributed by atoms with Crippen LogP contribution in [-0.2, 0) is 14.3 Å². The van der Waals surface area contributed by atoms with E-state index in [0.29, 0.717) is 11.5 Å². The molecule has 1 unspecified atom stereocenters. The number of hydrogen-bond donors (Lipinski definition) is 0. The minimum absolute atomic E-state index is 0.175. The van der Waals surface area contributed by atoms with E-state index in [1.165, 1.54) is 18.3 Å². The Kier molecular flexibility index (Phi) is 4.69. The van der Waals surface area contributed by atoms with Crippen LogP contribution >= 0.6 is 11.3 Å². The van der Waals surface area contributed by atoms with E-state index in [-0.39, 0.29) is 18.0 Å². The van der Waals surface area contributed by atoms with Gasteiger partial charge in [-0.25, -0.2) is 4.98 Å². The van der Waals surface area contributed by atoms with Crippen molar-refractivity contribution in [3.05, 3.63) is 22.7 Å². The molecule has 94 valence electrons. The van der Waals surface area contributed by atoms with Crippen LogP contribution in [-0.4, -0.2) is 18.1 Å². The molecule has 1 atom stereocenters. The molecule has 0 aliphatic heterocycles. The normalized spacial score (nSPS) is 12.3. The molecule has 0 saturated carbocycles. The Morgan fingerprint density at radius 3 is 2.65 bits per heavy atom. The number of aromatic nitrogens is 1. The number of carbonyl (C=O) groups excluding carboxylic acids is 1. The summed E-state index contributed by atoms with van der Waals surface area (Å²) in [5.41, 5.74) is 0.685. The summed E-state index contributed by atoms with van der Waals surface area (Å²) in [6, 6.07) is 0. The van der Waals surface area contributed by atoms with Crippen molar-refractivity contribution in [1.29, 1.82) is 0 Å². The number of hydrogen-bond acceptors (Lipinski definition) is 5. The first-order chi connectivity index (χ1) is 7.95. The van der Waals surface area contributed by atoms with Gasteiger partial charge in [0.05, 0.1) is 7.11 Å². The van der Waals surface area contributed by atoms with Crippen LogP contribution in [0.4, 0.5) is 0 Å². The average Bonchev–Trinajstić information content (AvgIpc) is 2.73. The van der Waals surface area contributed by atoms with Crippen LogP contribution in [0, 0.1) is 5.92 Å². The molecule has 0 aliphatic rings. The SMILES string of the molecule is C=C(OC)c1csc(C(OC(C)=O)C(C)C)n1. The van der Waals surface area contributed by atoms with Gasteiger partial charge in [-0.1, -0.05) is 20.4 Å². The molecule has 4 nitrogen and oxygen atoms in total. The van der Waals surface area contributed by atoms with Crippen molar-refractivity contribution in [2.24, 2.45) is 5.92 Å². The van der Waals surface area contributed by atoms with E-state index in [1.54, 1.807) is 7.11 Å². The van der Waals surface area contributed by atoms with Crippen molar-refractivity contribution in [1.82, 2.24) is 4.98 Å². The van der Waals surface area contributed by atoms with Gasteiger partial charge in [0.1, 0.15) is 16.5 Å². The molecule has 0 aliphatic carbocycles. The van der Waals surface area contributed by atoms with Crippen molar-refractivity contribution < 1.29 is 14.3 Å². The van der Waals surface area contributed by atoms with Crippen LogP contribution < -0.4 is 0 Å². The first-order valence-electron chi connectivity index (χ1n) is 5.31. The zero-order valence-electron chi connectivity index (χ0n) is 10.5. The second-order valence-corrected chi connectivity index (χ2v) is 4.86. The Bertz CT molecular complexity index is 412. The summed E-state index contributed by atoms with van der Waals surface area (Å²) in [6.45, 7) is 9.11. The van der Waals surface area contributed by atoms with Gasteiger partial charge >= 0.3 is 5.97 Å². The number of carbonyl (C=O) groups is 1. The van der Waals surface area contributed by atoms with Gasteiger partial charge in [-0.15, -0.1) is 11.3 Å². The molecule has 5 heteroatoms. The fourth-order valence-electron chi connectivity index (χ4n) is 1.30. The summed E-state index contributed by atoms with van der Waals surface area (Å²) >= 11 is 1.44. The predicted octanol–water partition coefficient (Wildman–Crippen LogP) is 3.02. The minimum Gasteiger partial charge on any atom is -0.495 e. The fourth-order valence-corrected chi connectivity index (χ4v) is 2.32. The van der Waals surface area contributed by atoms with Crippen LogP contribution in [0.25, 0.3) is 5.76 Å². The number of esters is 1. The maximum absolute atomic E-state index is 11.0. The topological polar surface area (TPSA) is 48.4 Å². The van der Waals surface area contributed by atoms with Crippen LogP contribution in [0.1, 0.15) is 37.6 Å². The third kappa shape index (κ3) is 3.56. The molecule has 1 aromatic rings. The van der Waals surface area contributed by atoms with Gasteiger partial charge < -0.3 is 9.47 Å². The molecule has 0 bridgehead atoms. The predicted molar refractivity (Wildman–Crippen MR) is 67.5 cm³/mol. The number of rotatable bonds is 5. The van der Waals surface area contributed by atoms with Gasteiger partial charge in [0.25, 0.3) is 0 Å². The van der Waals surface area contributed by atoms with Gasteiger partial charge in [0.15, 0.2) is 6.10 Å². The summed E-state index contributed by atoms with van der Waals surface area (Å²) in [5, 5.41) is 2.61. The molecule has 0 aromatic carbocycles. The molecule has 1 rings (SSSR count). The Labute approximate surface area is 105 Å². The standard InChI is InChI=1S/C12H17NO3S/c1-7(2)11(16-9(4)14)12-13-10(6-17-12)8(3)15-5/h6-7,11H,3H2,1-2,4-5H3. The van der Waals surface area contributed by atoms with E-state index in [1.807, 2.05) is 19.2 Å². The fraction of sp³-hybridized carbons (Fsp3) is 0.500. The maximum Gasteiger partial charge on any atom is 0.303 e. The van der Waals surface area contributed by atoms with Gasteiger partial charge in [0, 0.05) is 12.3 Å².